The van der Waals surface area contributed by atoms with Gasteiger partial charge < -0.3 is 15.4 Å². The van der Waals surface area contributed by atoms with Crippen LogP contribution in [-0.4, -0.2) is 34.1 Å². The first-order valence-corrected chi connectivity index (χ1v) is 12.5. The number of aromatic nitrogens is 2. The summed E-state index contributed by atoms with van der Waals surface area (Å²) in [5.74, 6) is 0.258. The number of rotatable bonds is 9. The van der Waals surface area contributed by atoms with E-state index in [-0.39, 0.29) is 37.4 Å². The zero-order valence-corrected chi connectivity index (χ0v) is 21.0. The van der Waals surface area contributed by atoms with Gasteiger partial charge >= 0.3 is 5.69 Å². The predicted octanol–water partition coefficient (Wildman–Crippen LogP) is 2.30. The van der Waals surface area contributed by atoms with Crippen molar-refractivity contribution in [2.24, 2.45) is 0 Å². The van der Waals surface area contributed by atoms with E-state index in [1.165, 1.54) is 4.57 Å². The van der Waals surface area contributed by atoms with E-state index in [0.29, 0.717) is 22.3 Å². The van der Waals surface area contributed by atoms with Gasteiger partial charge in [-0.3, -0.25) is 19.0 Å². The number of carbonyl (C=O) groups is 2. The molecule has 9 nitrogen and oxygen atoms in total. The number of methoxy groups -OCH3 is 1. The Morgan fingerprint density at radius 1 is 0.921 bits per heavy atom. The molecule has 1 aliphatic carbocycles. The molecular formula is C29H28N4O5. The number of nitrogens with zero attached hydrogens (tertiary/aromatic N) is 2. The van der Waals surface area contributed by atoms with E-state index in [0.717, 1.165) is 28.5 Å². The molecule has 0 saturated heterocycles. The summed E-state index contributed by atoms with van der Waals surface area (Å²) in [7, 11) is 1.57. The smallest absolute Gasteiger partial charge is 0.336 e. The van der Waals surface area contributed by atoms with Gasteiger partial charge in [0.2, 0.25) is 11.8 Å². The summed E-state index contributed by atoms with van der Waals surface area (Å²) in [6.07, 6.45) is 2.25. The van der Waals surface area contributed by atoms with Crippen LogP contribution in [-0.2, 0) is 29.1 Å². The van der Waals surface area contributed by atoms with E-state index in [1.54, 1.807) is 55.6 Å². The molecule has 2 N–H and O–H groups in total. The van der Waals surface area contributed by atoms with Crippen LogP contribution in [0.5, 0.6) is 5.75 Å². The van der Waals surface area contributed by atoms with Gasteiger partial charge in [0.15, 0.2) is 0 Å². The number of nitrogens with one attached hydrogen (secondary N) is 2. The van der Waals surface area contributed by atoms with Crippen LogP contribution in [0.15, 0.2) is 82.4 Å². The van der Waals surface area contributed by atoms with Crippen molar-refractivity contribution >= 4 is 22.7 Å². The third-order valence-electron chi connectivity index (χ3n) is 6.48. The zero-order valence-electron chi connectivity index (χ0n) is 21.0. The third-order valence-corrected chi connectivity index (χ3v) is 6.48. The molecule has 0 spiro atoms. The summed E-state index contributed by atoms with van der Waals surface area (Å²) >= 11 is 0. The minimum atomic E-state index is -0.621. The number of fused-ring (bicyclic) bond motifs is 1. The fourth-order valence-electron chi connectivity index (χ4n) is 4.34. The third kappa shape index (κ3) is 5.51. The maximum atomic E-state index is 13.6. The highest BCUT2D eigenvalue weighted by molar-refractivity contribution is 5.82. The summed E-state index contributed by atoms with van der Waals surface area (Å²) in [5, 5.41) is 6.10. The Hall–Kier alpha value is -4.66. The number of hydrogen-bond donors (Lipinski definition) is 2. The molecule has 2 amide bonds. The standard InChI is InChI=1S/C29H28N4O5/c1-38-23-6-4-5-20(15-23)17-30-27(35)18-32-25-8-3-2-7-24(25)28(36)33(29(32)37)22-13-9-19(10-14-22)16-26(34)31-21-11-12-21/h2-10,13-15,21H,11-12,16-18H2,1H3,(H,30,35)(H,31,34). The highest BCUT2D eigenvalue weighted by Gasteiger charge is 2.23. The van der Waals surface area contributed by atoms with Gasteiger partial charge in [0.25, 0.3) is 5.56 Å². The molecule has 1 heterocycles. The van der Waals surface area contributed by atoms with Crippen LogP contribution < -0.4 is 26.6 Å². The average Bonchev–Trinajstić information content (AvgIpc) is 3.75. The Balaban J connectivity index is 1.41. The van der Waals surface area contributed by atoms with Crippen molar-refractivity contribution in [2.45, 2.75) is 38.4 Å². The molecule has 38 heavy (non-hydrogen) atoms. The van der Waals surface area contributed by atoms with Gasteiger partial charge in [-0.05, 0) is 60.4 Å². The van der Waals surface area contributed by atoms with Crippen molar-refractivity contribution in [3.63, 3.8) is 0 Å². The van der Waals surface area contributed by atoms with Crippen LogP contribution in [0.2, 0.25) is 0 Å². The normalized spacial score (nSPS) is 12.8. The molecule has 194 valence electrons. The number of amides is 2. The first-order chi connectivity index (χ1) is 18.4. The molecule has 9 heteroatoms. The Morgan fingerprint density at radius 3 is 2.42 bits per heavy atom. The SMILES string of the molecule is COc1cccc(CNC(=O)Cn2c(=O)n(-c3ccc(CC(=O)NC4CC4)cc3)c(=O)c3ccccc32)c1. The van der Waals surface area contributed by atoms with Gasteiger partial charge in [-0.2, -0.15) is 0 Å². The maximum absolute atomic E-state index is 13.6. The lowest BCUT2D eigenvalue weighted by Gasteiger charge is -2.15. The second kappa shape index (κ2) is 10.8. The summed E-state index contributed by atoms with van der Waals surface area (Å²) in [5.41, 5.74) is 1.28. The largest absolute Gasteiger partial charge is 0.497 e. The molecule has 1 aromatic heterocycles. The van der Waals surface area contributed by atoms with E-state index in [9.17, 15) is 19.2 Å². The molecule has 1 aliphatic rings. The molecule has 0 radical (unpaired) electrons. The lowest BCUT2D eigenvalue weighted by atomic mass is 10.1. The number of carbonyl (C=O) groups excluding carboxylic acids is 2. The first kappa shape index (κ1) is 25.0. The molecule has 0 unspecified atom stereocenters. The van der Waals surface area contributed by atoms with Crippen molar-refractivity contribution in [3.8, 4) is 11.4 Å². The van der Waals surface area contributed by atoms with Gasteiger partial charge in [-0.25, -0.2) is 9.36 Å². The van der Waals surface area contributed by atoms with Crippen LogP contribution in [0.4, 0.5) is 0 Å². The van der Waals surface area contributed by atoms with E-state index < -0.39 is 11.2 Å². The van der Waals surface area contributed by atoms with Crippen LogP contribution in [0.3, 0.4) is 0 Å². The topological polar surface area (TPSA) is 111 Å². The fraction of sp³-hybridized carbons (Fsp3) is 0.241. The molecule has 0 bridgehead atoms. The van der Waals surface area contributed by atoms with Crippen molar-refractivity contribution in [1.82, 2.24) is 19.8 Å². The van der Waals surface area contributed by atoms with E-state index in [2.05, 4.69) is 10.6 Å². The van der Waals surface area contributed by atoms with Crippen LogP contribution in [0.25, 0.3) is 16.6 Å². The number of ether oxygens (including phenoxy) is 1. The fourth-order valence-corrected chi connectivity index (χ4v) is 4.34. The molecule has 1 fully saturated rings. The summed E-state index contributed by atoms with van der Waals surface area (Å²) in [4.78, 5) is 51.9. The van der Waals surface area contributed by atoms with Crippen LogP contribution in [0.1, 0.15) is 24.0 Å². The number of hydrogen-bond acceptors (Lipinski definition) is 5. The summed E-state index contributed by atoms with van der Waals surface area (Å²) in [6, 6.07) is 21.1. The monoisotopic (exact) mass is 512 g/mol. The van der Waals surface area contributed by atoms with Crippen LogP contribution >= 0.6 is 0 Å². The van der Waals surface area contributed by atoms with Gasteiger partial charge in [0.05, 0.1) is 30.1 Å². The van der Waals surface area contributed by atoms with E-state index in [1.807, 2.05) is 24.3 Å². The van der Waals surface area contributed by atoms with Crippen molar-refractivity contribution in [2.75, 3.05) is 7.11 Å². The van der Waals surface area contributed by atoms with Crippen molar-refractivity contribution < 1.29 is 14.3 Å². The number of benzene rings is 3. The number of para-hydroxylation sites is 1. The van der Waals surface area contributed by atoms with Gasteiger partial charge in [0.1, 0.15) is 12.3 Å². The van der Waals surface area contributed by atoms with Gasteiger partial charge in [0, 0.05) is 12.6 Å². The second-order valence-electron chi connectivity index (χ2n) is 9.34. The summed E-state index contributed by atoms with van der Waals surface area (Å²) in [6.45, 7) is 0.00115. The lowest BCUT2D eigenvalue weighted by Crippen LogP contribution is -2.41. The Morgan fingerprint density at radius 2 is 1.68 bits per heavy atom. The van der Waals surface area contributed by atoms with Crippen molar-refractivity contribution in [1.29, 1.82) is 0 Å². The lowest BCUT2D eigenvalue weighted by molar-refractivity contribution is -0.122. The van der Waals surface area contributed by atoms with Crippen LogP contribution in [0, 0.1) is 0 Å². The molecule has 1 saturated carbocycles. The van der Waals surface area contributed by atoms with E-state index in [4.69, 9.17) is 4.74 Å². The highest BCUT2D eigenvalue weighted by Crippen LogP contribution is 2.19. The van der Waals surface area contributed by atoms with Gasteiger partial charge in [-0.15, -0.1) is 0 Å². The molecule has 3 aromatic carbocycles. The minimum Gasteiger partial charge on any atom is -0.497 e. The highest BCUT2D eigenvalue weighted by atomic mass is 16.5. The second-order valence-corrected chi connectivity index (χ2v) is 9.34. The van der Waals surface area contributed by atoms with Crippen molar-refractivity contribution in [3.05, 3.63) is 105 Å². The molecule has 4 aromatic rings. The predicted molar refractivity (Wildman–Crippen MR) is 144 cm³/mol. The molecular weight excluding hydrogens is 484 g/mol. The maximum Gasteiger partial charge on any atom is 0.336 e. The molecule has 0 atom stereocenters. The quantitative estimate of drug-likeness (QED) is 0.358. The molecule has 0 aliphatic heterocycles. The summed E-state index contributed by atoms with van der Waals surface area (Å²) < 4.78 is 7.58. The zero-order chi connectivity index (χ0) is 26.6. The van der Waals surface area contributed by atoms with Gasteiger partial charge in [-0.1, -0.05) is 36.4 Å². The minimum absolute atomic E-state index is 0.0505. The average molecular weight is 513 g/mol. The Bertz CT molecular complexity index is 1620. The Kier molecular flexibility index (Phi) is 7.08. The Labute approximate surface area is 218 Å². The van der Waals surface area contributed by atoms with E-state index >= 15 is 0 Å². The molecule has 5 rings (SSSR count). The first-order valence-electron chi connectivity index (χ1n) is 12.5.